The molecule has 0 unspecified atom stereocenters. The summed E-state index contributed by atoms with van der Waals surface area (Å²) in [5.41, 5.74) is 0.800. The highest BCUT2D eigenvalue weighted by Gasteiger charge is 1.99. The first-order valence-electron chi connectivity index (χ1n) is 4.24. The molecule has 0 heterocycles. The number of carbonyl (C=O) groups is 1. The Kier molecular flexibility index (Phi) is 4.07. The van der Waals surface area contributed by atoms with Crippen LogP contribution < -0.4 is 5.32 Å². The smallest absolute Gasteiger partial charge is 0.319 e. The first-order chi connectivity index (χ1) is 6.72. The molecule has 0 amide bonds. The summed E-state index contributed by atoms with van der Waals surface area (Å²) in [7, 11) is 1.33. The minimum Gasteiger partial charge on any atom is -0.468 e. The molecule has 76 valence electrons. The molecule has 0 fully saturated rings. The Morgan fingerprint density at radius 3 is 3.00 bits per heavy atom. The second-order valence-corrected chi connectivity index (χ2v) is 2.81. The number of rotatable bonds is 4. The molecule has 0 aromatic heterocycles. The molecule has 0 saturated heterocycles. The van der Waals surface area contributed by atoms with Gasteiger partial charge in [-0.05, 0) is 17.7 Å². The van der Waals surface area contributed by atoms with Gasteiger partial charge in [0, 0.05) is 6.54 Å². The molecule has 0 aliphatic heterocycles. The van der Waals surface area contributed by atoms with E-state index in [1.165, 1.54) is 19.2 Å². The molecule has 1 N–H and O–H groups in total. The van der Waals surface area contributed by atoms with Crippen LogP contribution in [-0.2, 0) is 16.1 Å². The van der Waals surface area contributed by atoms with E-state index < -0.39 is 0 Å². The van der Waals surface area contributed by atoms with Crippen molar-refractivity contribution in [2.75, 3.05) is 13.7 Å². The minimum atomic E-state index is -0.332. The molecule has 4 heteroatoms. The molecule has 0 aliphatic carbocycles. The largest absolute Gasteiger partial charge is 0.468 e. The van der Waals surface area contributed by atoms with Crippen molar-refractivity contribution in [3.63, 3.8) is 0 Å². The Morgan fingerprint density at radius 2 is 2.36 bits per heavy atom. The summed E-state index contributed by atoms with van der Waals surface area (Å²) in [6.07, 6.45) is 0. The lowest BCUT2D eigenvalue weighted by atomic mass is 10.2. The Bertz CT molecular complexity index is 315. The average Bonchev–Trinajstić information content (AvgIpc) is 2.17. The fourth-order valence-corrected chi connectivity index (χ4v) is 1.03. The van der Waals surface area contributed by atoms with Crippen LogP contribution in [0.3, 0.4) is 0 Å². The zero-order chi connectivity index (χ0) is 10.4. The van der Waals surface area contributed by atoms with Gasteiger partial charge in [-0.2, -0.15) is 0 Å². The van der Waals surface area contributed by atoms with Crippen molar-refractivity contribution in [2.24, 2.45) is 0 Å². The zero-order valence-corrected chi connectivity index (χ0v) is 7.92. The Hall–Kier alpha value is -1.42. The third kappa shape index (κ3) is 3.53. The lowest BCUT2D eigenvalue weighted by Gasteiger charge is -2.03. The van der Waals surface area contributed by atoms with Crippen molar-refractivity contribution < 1.29 is 13.9 Å². The van der Waals surface area contributed by atoms with Gasteiger partial charge >= 0.3 is 5.97 Å². The van der Waals surface area contributed by atoms with E-state index in [0.717, 1.165) is 5.56 Å². The highest BCUT2D eigenvalue weighted by Crippen LogP contribution is 2.02. The lowest BCUT2D eigenvalue weighted by Crippen LogP contribution is -2.23. The van der Waals surface area contributed by atoms with Gasteiger partial charge in [0.15, 0.2) is 0 Å². The number of esters is 1. The molecular formula is C10H12FNO2. The summed E-state index contributed by atoms with van der Waals surface area (Å²) in [6.45, 7) is 0.583. The van der Waals surface area contributed by atoms with Crippen molar-refractivity contribution in [1.82, 2.24) is 5.32 Å². The van der Waals surface area contributed by atoms with Crippen molar-refractivity contribution >= 4 is 5.97 Å². The second kappa shape index (κ2) is 5.34. The molecule has 14 heavy (non-hydrogen) atoms. The number of methoxy groups -OCH3 is 1. The third-order valence-corrected chi connectivity index (χ3v) is 1.72. The molecule has 0 spiro atoms. The van der Waals surface area contributed by atoms with Crippen LogP contribution in [-0.4, -0.2) is 19.6 Å². The number of nitrogens with one attached hydrogen (secondary N) is 1. The van der Waals surface area contributed by atoms with Crippen LogP contribution in [0.25, 0.3) is 0 Å². The summed E-state index contributed by atoms with van der Waals surface area (Å²) in [4.78, 5) is 10.7. The third-order valence-electron chi connectivity index (χ3n) is 1.72. The SMILES string of the molecule is COC(=O)CNCc1cccc(F)c1. The quantitative estimate of drug-likeness (QED) is 0.734. The number of benzene rings is 1. The summed E-state index contributed by atoms with van der Waals surface area (Å²) in [5, 5.41) is 2.84. The molecule has 0 atom stereocenters. The highest BCUT2D eigenvalue weighted by atomic mass is 19.1. The van der Waals surface area contributed by atoms with Crippen LogP contribution in [0.1, 0.15) is 5.56 Å². The van der Waals surface area contributed by atoms with Crippen molar-refractivity contribution in [1.29, 1.82) is 0 Å². The molecule has 1 rings (SSSR count). The highest BCUT2D eigenvalue weighted by molar-refractivity contribution is 5.71. The number of hydrogen-bond acceptors (Lipinski definition) is 3. The minimum absolute atomic E-state index is 0.132. The average molecular weight is 197 g/mol. The molecule has 0 bridgehead atoms. The molecule has 0 aliphatic rings. The zero-order valence-electron chi connectivity index (χ0n) is 7.92. The van der Waals surface area contributed by atoms with Crippen LogP contribution >= 0.6 is 0 Å². The summed E-state index contributed by atoms with van der Waals surface area (Å²) < 4.78 is 17.1. The molecule has 0 radical (unpaired) electrons. The summed E-state index contributed by atoms with van der Waals surface area (Å²) in [5.74, 6) is -0.608. The van der Waals surface area contributed by atoms with Gasteiger partial charge in [-0.1, -0.05) is 12.1 Å². The Labute approximate surface area is 81.9 Å². The van der Waals surface area contributed by atoms with Gasteiger partial charge in [0.25, 0.3) is 0 Å². The predicted octanol–water partition coefficient (Wildman–Crippen LogP) is 1.09. The van der Waals surface area contributed by atoms with Crippen LogP contribution in [0.2, 0.25) is 0 Å². The van der Waals surface area contributed by atoms with Crippen molar-refractivity contribution in [3.05, 3.63) is 35.6 Å². The summed E-state index contributed by atoms with van der Waals surface area (Å²) >= 11 is 0. The van der Waals surface area contributed by atoms with Gasteiger partial charge in [0.1, 0.15) is 5.82 Å². The number of hydrogen-bond donors (Lipinski definition) is 1. The van der Waals surface area contributed by atoms with E-state index in [1.807, 2.05) is 0 Å². The van der Waals surface area contributed by atoms with Gasteiger partial charge in [-0.15, -0.1) is 0 Å². The van der Waals surface area contributed by atoms with Gasteiger partial charge in [-0.3, -0.25) is 4.79 Å². The first-order valence-corrected chi connectivity index (χ1v) is 4.24. The maximum atomic E-state index is 12.7. The van der Waals surface area contributed by atoms with Gasteiger partial charge in [-0.25, -0.2) is 4.39 Å². The maximum Gasteiger partial charge on any atom is 0.319 e. The van der Waals surface area contributed by atoms with Crippen molar-refractivity contribution in [2.45, 2.75) is 6.54 Å². The Balaban J connectivity index is 2.35. The molecule has 1 aromatic carbocycles. The first kappa shape index (κ1) is 10.7. The molecular weight excluding hydrogens is 185 g/mol. The Morgan fingerprint density at radius 1 is 1.57 bits per heavy atom. The number of halogens is 1. The van der Waals surface area contributed by atoms with Crippen LogP contribution in [0.15, 0.2) is 24.3 Å². The van der Waals surface area contributed by atoms with E-state index in [4.69, 9.17) is 0 Å². The molecule has 1 aromatic rings. The van der Waals surface area contributed by atoms with E-state index in [1.54, 1.807) is 12.1 Å². The second-order valence-electron chi connectivity index (χ2n) is 2.81. The number of carbonyl (C=O) groups excluding carboxylic acids is 1. The number of ether oxygens (including phenoxy) is 1. The predicted molar refractivity (Wildman–Crippen MR) is 50.1 cm³/mol. The van der Waals surface area contributed by atoms with Gasteiger partial charge < -0.3 is 10.1 Å². The van der Waals surface area contributed by atoms with Gasteiger partial charge in [0.05, 0.1) is 13.7 Å². The van der Waals surface area contributed by atoms with Crippen LogP contribution in [0, 0.1) is 5.82 Å². The van der Waals surface area contributed by atoms with E-state index in [9.17, 15) is 9.18 Å². The lowest BCUT2D eigenvalue weighted by molar-refractivity contribution is -0.139. The van der Waals surface area contributed by atoms with Gasteiger partial charge in [0.2, 0.25) is 0 Å². The van der Waals surface area contributed by atoms with Crippen LogP contribution in [0.4, 0.5) is 4.39 Å². The normalized spacial score (nSPS) is 9.86. The monoisotopic (exact) mass is 197 g/mol. The van der Waals surface area contributed by atoms with E-state index in [0.29, 0.717) is 6.54 Å². The van der Waals surface area contributed by atoms with Crippen LogP contribution in [0.5, 0.6) is 0 Å². The van der Waals surface area contributed by atoms with E-state index in [2.05, 4.69) is 10.1 Å². The fourth-order valence-electron chi connectivity index (χ4n) is 1.03. The molecule has 3 nitrogen and oxygen atoms in total. The van der Waals surface area contributed by atoms with Crippen molar-refractivity contribution in [3.8, 4) is 0 Å². The topological polar surface area (TPSA) is 38.3 Å². The maximum absolute atomic E-state index is 12.7. The standard InChI is InChI=1S/C10H12FNO2/c1-14-10(13)7-12-6-8-3-2-4-9(11)5-8/h2-5,12H,6-7H2,1H3. The van der Waals surface area contributed by atoms with E-state index in [-0.39, 0.29) is 18.3 Å². The van der Waals surface area contributed by atoms with E-state index >= 15 is 0 Å². The fraction of sp³-hybridized carbons (Fsp3) is 0.300. The molecule has 0 saturated carbocycles. The summed E-state index contributed by atoms with van der Waals surface area (Å²) in [6, 6.07) is 6.21.